The van der Waals surface area contributed by atoms with Crippen molar-refractivity contribution in [3.63, 3.8) is 0 Å². The monoisotopic (exact) mass is 408 g/mol. The average molecular weight is 409 g/mol. The van der Waals surface area contributed by atoms with Crippen LogP contribution >= 0.6 is 12.2 Å². The van der Waals surface area contributed by atoms with Gasteiger partial charge < -0.3 is 10.1 Å². The number of hydrogen-bond donors (Lipinski definition) is 2. The van der Waals surface area contributed by atoms with Gasteiger partial charge in [0.2, 0.25) is 0 Å². The lowest BCUT2D eigenvalue weighted by atomic mass is 9.97. The molecule has 0 radical (unpaired) electrons. The van der Waals surface area contributed by atoms with Gasteiger partial charge in [0.25, 0.3) is 5.91 Å². The Bertz CT molecular complexity index is 832. The van der Waals surface area contributed by atoms with E-state index < -0.39 is 0 Å². The van der Waals surface area contributed by atoms with Gasteiger partial charge in [-0.3, -0.25) is 10.1 Å². The fourth-order valence-corrected chi connectivity index (χ4v) is 3.52. The van der Waals surface area contributed by atoms with Gasteiger partial charge >= 0.3 is 0 Å². The van der Waals surface area contributed by atoms with E-state index in [1.54, 1.807) is 12.1 Å². The largest absolute Gasteiger partial charge is 0.493 e. The quantitative estimate of drug-likeness (QED) is 0.486. The Morgan fingerprint density at radius 1 is 1.00 bits per heavy atom. The van der Waals surface area contributed by atoms with Crippen LogP contribution in [0.5, 0.6) is 5.75 Å². The smallest absolute Gasteiger partial charge is 0.257 e. The van der Waals surface area contributed by atoms with Gasteiger partial charge in [-0.05, 0) is 74.2 Å². The minimum atomic E-state index is -0.213. The van der Waals surface area contributed by atoms with Gasteiger partial charge in [0.05, 0.1) is 6.61 Å². The maximum atomic E-state index is 12.3. The Kier molecular flexibility index (Phi) is 8.25. The molecule has 2 aromatic rings. The van der Waals surface area contributed by atoms with Gasteiger partial charge in [0, 0.05) is 18.5 Å². The second kappa shape index (κ2) is 11.4. The second-order valence-electron chi connectivity index (χ2n) is 7.18. The summed E-state index contributed by atoms with van der Waals surface area (Å²) in [5, 5.41) is 6.23. The number of benzene rings is 2. The molecule has 0 spiro atoms. The molecule has 0 saturated carbocycles. The molecule has 1 amide bonds. The molecule has 0 bridgehead atoms. The Morgan fingerprint density at radius 3 is 2.52 bits per heavy atom. The zero-order chi connectivity index (χ0) is 20.3. The summed E-state index contributed by atoms with van der Waals surface area (Å²) in [6.07, 6.45) is 9.09. The topological polar surface area (TPSA) is 50.4 Å². The number of rotatable bonds is 8. The normalized spacial score (nSPS) is 13.3. The van der Waals surface area contributed by atoms with Crippen LogP contribution in [0.1, 0.15) is 48.0 Å². The molecule has 5 heteroatoms. The van der Waals surface area contributed by atoms with Gasteiger partial charge in [-0.25, -0.2) is 0 Å². The van der Waals surface area contributed by atoms with E-state index in [0.717, 1.165) is 25.1 Å². The summed E-state index contributed by atoms with van der Waals surface area (Å²) in [5.41, 5.74) is 3.28. The zero-order valence-corrected chi connectivity index (χ0v) is 17.5. The summed E-state index contributed by atoms with van der Waals surface area (Å²) in [6, 6.07) is 17.3. The number of nitrogens with one attached hydrogen (secondary N) is 2. The van der Waals surface area contributed by atoms with Crippen molar-refractivity contribution in [3.8, 4) is 5.75 Å². The van der Waals surface area contributed by atoms with Crippen LogP contribution in [-0.2, 0) is 6.42 Å². The molecule has 1 aliphatic carbocycles. The zero-order valence-electron chi connectivity index (χ0n) is 16.7. The van der Waals surface area contributed by atoms with Crippen molar-refractivity contribution < 1.29 is 9.53 Å². The summed E-state index contributed by atoms with van der Waals surface area (Å²) < 4.78 is 5.76. The first-order valence-electron chi connectivity index (χ1n) is 10.2. The van der Waals surface area contributed by atoms with Crippen molar-refractivity contribution in [2.45, 2.75) is 38.5 Å². The van der Waals surface area contributed by atoms with Crippen molar-refractivity contribution in [1.29, 1.82) is 0 Å². The molecule has 152 valence electrons. The second-order valence-corrected chi connectivity index (χ2v) is 7.58. The third-order valence-electron chi connectivity index (χ3n) is 4.96. The van der Waals surface area contributed by atoms with Crippen LogP contribution < -0.4 is 15.4 Å². The molecule has 0 saturated heterocycles. The molecule has 0 aromatic heterocycles. The number of ether oxygens (including phenoxy) is 1. The molecule has 2 N–H and O–H groups in total. The minimum absolute atomic E-state index is 0.213. The highest BCUT2D eigenvalue weighted by molar-refractivity contribution is 7.80. The molecular weight excluding hydrogens is 380 g/mol. The summed E-state index contributed by atoms with van der Waals surface area (Å²) in [7, 11) is 0. The standard InChI is InChI=1S/C24H28N2O2S/c27-23(26-24(29)25-17-15-19-7-3-1-4-8-19)21-11-13-22(14-12-21)28-18-16-20-9-5-2-6-10-20/h2,5-7,9-14H,1,3-4,8,15-18H2,(H2,25,26,27,29). The van der Waals surface area contributed by atoms with Crippen molar-refractivity contribution in [3.05, 3.63) is 77.4 Å². The number of thiocarbonyl (C=S) groups is 1. The molecule has 0 aliphatic heterocycles. The van der Waals surface area contributed by atoms with Crippen molar-refractivity contribution in [1.82, 2.24) is 10.6 Å². The molecule has 29 heavy (non-hydrogen) atoms. The fourth-order valence-electron chi connectivity index (χ4n) is 3.32. The summed E-state index contributed by atoms with van der Waals surface area (Å²) in [5.74, 6) is 0.536. The molecule has 0 atom stereocenters. The van der Waals surface area contributed by atoms with Crippen LogP contribution in [0.15, 0.2) is 66.2 Å². The molecule has 2 aromatic carbocycles. The summed E-state index contributed by atoms with van der Waals surface area (Å²) in [4.78, 5) is 12.3. The highest BCUT2D eigenvalue weighted by Crippen LogP contribution is 2.19. The van der Waals surface area contributed by atoms with Crippen molar-refractivity contribution >= 4 is 23.2 Å². The van der Waals surface area contributed by atoms with Gasteiger partial charge in [0.1, 0.15) is 5.75 Å². The Hall–Kier alpha value is -2.66. The molecule has 0 fully saturated rings. The predicted octanol–water partition coefficient (Wildman–Crippen LogP) is 4.80. The summed E-state index contributed by atoms with van der Waals surface area (Å²) in [6.45, 7) is 1.35. The van der Waals surface area contributed by atoms with Crippen LogP contribution in [0.25, 0.3) is 0 Å². The van der Waals surface area contributed by atoms with Crippen LogP contribution in [-0.4, -0.2) is 24.2 Å². The lowest BCUT2D eigenvalue weighted by molar-refractivity contribution is 0.0976. The Labute approximate surface area is 178 Å². The van der Waals surface area contributed by atoms with Crippen molar-refractivity contribution in [2.24, 2.45) is 0 Å². The average Bonchev–Trinajstić information content (AvgIpc) is 2.76. The maximum absolute atomic E-state index is 12.3. The van der Waals surface area contributed by atoms with Crippen molar-refractivity contribution in [2.75, 3.05) is 13.2 Å². The molecule has 0 unspecified atom stereocenters. The minimum Gasteiger partial charge on any atom is -0.493 e. The third kappa shape index (κ3) is 7.35. The number of hydrogen-bond acceptors (Lipinski definition) is 3. The Morgan fingerprint density at radius 2 is 1.79 bits per heavy atom. The number of allylic oxidation sites excluding steroid dienone is 1. The van der Waals surface area contributed by atoms with E-state index in [0.29, 0.717) is 17.3 Å². The first kappa shape index (κ1) is 21.1. The van der Waals surface area contributed by atoms with Gasteiger partial charge in [-0.2, -0.15) is 0 Å². The molecule has 3 rings (SSSR count). The van der Waals surface area contributed by atoms with Crippen LogP contribution in [0.4, 0.5) is 0 Å². The SMILES string of the molecule is O=C(NC(=S)NCCC1=CCCCC1)c1ccc(OCCc2ccccc2)cc1. The highest BCUT2D eigenvalue weighted by atomic mass is 32.1. The lowest BCUT2D eigenvalue weighted by Gasteiger charge is -2.14. The first-order chi connectivity index (χ1) is 14.2. The predicted molar refractivity (Wildman–Crippen MR) is 121 cm³/mol. The first-order valence-corrected chi connectivity index (χ1v) is 10.7. The maximum Gasteiger partial charge on any atom is 0.257 e. The number of carbonyl (C=O) groups is 1. The number of carbonyl (C=O) groups excluding carboxylic acids is 1. The van der Waals surface area contributed by atoms with Gasteiger partial charge in [-0.1, -0.05) is 42.0 Å². The highest BCUT2D eigenvalue weighted by Gasteiger charge is 2.09. The van der Waals surface area contributed by atoms with E-state index in [2.05, 4.69) is 28.8 Å². The molecule has 4 nitrogen and oxygen atoms in total. The molecule has 1 aliphatic rings. The molecule has 0 heterocycles. The lowest BCUT2D eigenvalue weighted by Crippen LogP contribution is -2.39. The summed E-state index contributed by atoms with van der Waals surface area (Å²) >= 11 is 5.24. The van der Waals surface area contributed by atoms with E-state index in [4.69, 9.17) is 17.0 Å². The van der Waals surface area contributed by atoms with E-state index in [1.807, 2.05) is 30.3 Å². The fraction of sp³-hybridized carbons (Fsp3) is 0.333. The Balaban J connectivity index is 1.37. The van der Waals surface area contributed by atoms with E-state index in [-0.39, 0.29) is 5.91 Å². The van der Waals surface area contributed by atoms with E-state index >= 15 is 0 Å². The van der Waals surface area contributed by atoms with E-state index in [1.165, 1.54) is 36.8 Å². The van der Waals surface area contributed by atoms with Crippen LogP contribution in [0.3, 0.4) is 0 Å². The van der Waals surface area contributed by atoms with Gasteiger partial charge in [0.15, 0.2) is 5.11 Å². The van der Waals surface area contributed by atoms with E-state index in [9.17, 15) is 4.79 Å². The van der Waals surface area contributed by atoms with Gasteiger partial charge in [-0.15, -0.1) is 0 Å². The molecular formula is C24H28N2O2S. The van der Waals surface area contributed by atoms with Crippen LogP contribution in [0, 0.1) is 0 Å². The number of amides is 1. The third-order valence-corrected chi connectivity index (χ3v) is 5.21. The van der Waals surface area contributed by atoms with Crippen LogP contribution in [0.2, 0.25) is 0 Å².